The van der Waals surface area contributed by atoms with Crippen LogP contribution in [-0.4, -0.2) is 25.8 Å². The first-order valence-corrected chi connectivity index (χ1v) is 6.65. The molecule has 104 valence electrons. The molecular formula is C14H17N5O. The van der Waals surface area contributed by atoms with Crippen LogP contribution >= 0.6 is 0 Å². The second kappa shape index (κ2) is 5.32. The Hall–Kier alpha value is -2.37. The Bertz CT molecular complexity index is 689. The Morgan fingerprint density at radius 1 is 1.40 bits per heavy atom. The Morgan fingerprint density at radius 3 is 3.10 bits per heavy atom. The van der Waals surface area contributed by atoms with E-state index in [0.29, 0.717) is 6.04 Å². The molecule has 0 spiro atoms. The molecule has 0 bridgehead atoms. The number of aryl methyl sites for hydroxylation is 2. The van der Waals surface area contributed by atoms with Gasteiger partial charge in [-0.05, 0) is 25.5 Å². The molecule has 20 heavy (non-hydrogen) atoms. The van der Waals surface area contributed by atoms with E-state index in [0.717, 1.165) is 35.5 Å². The van der Waals surface area contributed by atoms with Crippen LogP contribution < -0.4 is 5.32 Å². The molecule has 0 fully saturated rings. The van der Waals surface area contributed by atoms with Crippen LogP contribution in [0.2, 0.25) is 0 Å². The van der Waals surface area contributed by atoms with Gasteiger partial charge < -0.3 is 9.73 Å². The number of rotatable bonds is 5. The van der Waals surface area contributed by atoms with E-state index in [2.05, 4.69) is 27.3 Å². The number of furan rings is 1. The first-order valence-electron chi connectivity index (χ1n) is 6.65. The zero-order chi connectivity index (χ0) is 13.9. The number of nitrogens with zero attached hydrogens (tertiary/aromatic N) is 4. The monoisotopic (exact) mass is 271 g/mol. The molecule has 0 amide bonds. The molecule has 0 aliphatic rings. The summed E-state index contributed by atoms with van der Waals surface area (Å²) in [5.41, 5.74) is 0.834. The van der Waals surface area contributed by atoms with Gasteiger partial charge in [-0.2, -0.15) is 5.10 Å². The summed E-state index contributed by atoms with van der Waals surface area (Å²) in [7, 11) is 1.87. The van der Waals surface area contributed by atoms with Crippen molar-refractivity contribution in [2.75, 3.05) is 5.32 Å². The van der Waals surface area contributed by atoms with Gasteiger partial charge in [-0.25, -0.2) is 9.97 Å². The number of fused-ring (bicyclic) bond motifs is 1. The fourth-order valence-electron chi connectivity index (χ4n) is 2.20. The van der Waals surface area contributed by atoms with E-state index >= 15 is 0 Å². The summed E-state index contributed by atoms with van der Waals surface area (Å²) in [4.78, 5) is 8.54. The van der Waals surface area contributed by atoms with Crippen molar-refractivity contribution in [3.8, 4) is 0 Å². The first kappa shape index (κ1) is 12.7. The SMILES string of the molecule is C[C@H](CCc1ccco1)Nc1ncnc2c1cnn2C. The highest BCUT2D eigenvalue weighted by Crippen LogP contribution is 2.19. The van der Waals surface area contributed by atoms with Gasteiger partial charge in [-0.1, -0.05) is 0 Å². The van der Waals surface area contributed by atoms with Crippen molar-refractivity contribution < 1.29 is 4.42 Å². The standard InChI is InChI=1S/C14H17N5O/c1-10(5-6-11-4-3-7-20-11)18-13-12-8-17-19(2)14(12)16-9-15-13/h3-4,7-10H,5-6H2,1-2H3,(H,15,16,18)/t10-/m1/s1. The normalized spacial score (nSPS) is 12.7. The number of aromatic nitrogens is 4. The second-order valence-corrected chi connectivity index (χ2v) is 4.89. The van der Waals surface area contributed by atoms with Crippen LogP contribution in [0.5, 0.6) is 0 Å². The van der Waals surface area contributed by atoms with Gasteiger partial charge in [0.05, 0.1) is 17.8 Å². The third-order valence-corrected chi connectivity index (χ3v) is 3.32. The minimum Gasteiger partial charge on any atom is -0.469 e. The molecule has 0 aliphatic carbocycles. The summed E-state index contributed by atoms with van der Waals surface area (Å²) < 4.78 is 7.09. The summed E-state index contributed by atoms with van der Waals surface area (Å²) in [6.07, 6.45) is 6.93. The van der Waals surface area contributed by atoms with Gasteiger partial charge in [-0.3, -0.25) is 4.68 Å². The van der Waals surface area contributed by atoms with Crippen molar-refractivity contribution in [1.29, 1.82) is 0 Å². The molecule has 0 aliphatic heterocycles. The molecule has 0 saturated heterocycles. The van der Waals surface area contributed by atoms with E-state index in [1.165, 1.54) is 0 Å². The maximum atomic E-state index is 5.34. The zero-order valence-electron chi connectivity index (χ0n) is 11.6. The molecule has 1 atom stereocenters. The van der Waals surface area contributed by atoms with Gasteiger partial charge in [0.1, 0.15) is 17.9 Å². The van der Waals surface area contributed by atoms with E-state index < -0.39 is 0 Å². The molecule has 3 aromatic heterocycles. The molecule has 6 nitrogen and oxygen atoms in total. The van der Waals surface area contributed by atoms with E-state index in [1.807, 2.05) is 19.2 Å². The fraction of sp³-hybridized carbons (Fsp3) is 0.357. The van der Waals surface area contributed by atoms with Gasteiger partial charge in [0.15, 0.2) is 5.65 Å². The van der Waals surface area contributed by atoms with Crippen LogP contribution in [-0.2, 0) is 13.5 Å². The van der Waals surface area contributed by atoms with Gasteiger partial charge in [0, 0.05) is 19.5 Å². The summed E-state index contributed by atoms with van der Waals surface area (Å²) in [6.45, 7) is 2.13. The Labute approximate surface area is 116 Å². The lowest BCUT2D eigenvalue weighted by Crippen LogP contribution is -2.17. The lowest BCUT2D eigenvalue weighted by Gasteiger charge is -2.14. The van der Waals surface area contributed by atoms with Crippen molar-refractivity contribution in [2.24, 2.45) is 7.05 Å². The lowest BCUT2D eigenvalue weighted by atomic mass is 10.1. The van der Waals surface area contributed by atoms with Crippen LogP contribution in [0.25, 0.3) is 11.0 Å². The van der Waals surface area contributed by atoms with E-state index in [4.69, 9.17) is 4.42 Å². The highest BCUT2D eigenvalue weighted by Gasteiger charge is 2.10. The maximum Gasteiger partial charge on any atom is 0.163 e. The molecule has 0 unspecified atom stereocenters. The molecule has 0 aromatic carbocycles. The van der Waals surface area contributed by atoms with Gasteiger partial charge in [0.2, 0.25) is 0 Å². The molecule has 3 aromatic rings. The van der Waals surface area contributed by atoms with Crippen molar-refractivity contribution in [3.05, 3.63) is 36.7 Å². The van der Waals surface area contributed by atoms with Crippen LogP contribution in [0.4, 0.5) is 5.82 Å². The highest BCUT2D eigenvalue weighted by atomic mass is 16.3. The lowest BCUT2D eigenvalue weighted by molar-refractivity contribution is 0.495. The molecule has 0 radical (unpaired) electrons. The molecule has 3 heterocycles. The maximum absolute atomic E-state index is 5.34. The zero-order valence-corrected chi connectivity index (χ0v) is 11.6. The van der Waals surface area contributed by atoms with Crippen LogP contribution in [0, 0.1) is 0 Å². The van der Waals surface area contributed by atoms with Crippen LogP contribution in [0.3, 0.4) is 0 Å². The number of hydrogen-bond donors (Lipinski definition) is 1. The van der Waals surface area contributed by atoms with Crippen molar-refractivity contribution in [1.82, 2.24) is 19.7 Å². The number of anilines is 1. The minimum absolute atomic E-state index is 0.290. The predicted octanol–water partition coefficient (Wildman–Crippen LogP) is 2.39. The first-order chi connectivity index (χ1) is 9.74. The van der Waals surface area contributed by atoms with Crippen LogP contribution in [0.1, 0.15) is 19.1 Å². The molecule has 6 heteroatoms. The van der Waals surface area contributed by atoms with Crippen molar-refractivity contribution in [2.45, 2.75) is 25.8 Å². The topological polar surface area (TPSA) is 68.8 Å². The average molecular weight is 271 g/mol. The molecular weight excluding hydrogens is 254 g/mol. The van der Waals surface area contributed by atoms with Crippen molar-refractivity contribution >= 4 is 16.9 Å². The molecule has 3 rings (SSSR count). The fourth-order valence-corrected chi connectivity index (χ4v) is 2.20. The van der Waals surface area contributed by atoms with E-state index in [9.17, 15) is 0 Å². The summed E-state index contributed by atoms with van der Waals surface area (Å²) in [5.74, 6) is 1.84. The van der Waals surface area contributed by atoms with Crippen molar-refractivity contribution in [3.63, 3.8) is 0 Å². The predicted molar refractivity (Wildman–Crippen MR) is 76.4 cm³/mol. The second-order valence-electron chi connectivity index (χ2n) is 4.89. The average Bonchev–Trinajstić information content (AvgIpc) is 3.08. The number of hydrogen-bond acceptors (Lipinski definition) is 5. The molecule has 0 saturated carbocycles. The minimum atomic E-state index is 0.290. The number of nitrogens with one attached hydrogen (secondary N) is 1. The third kappa shape index (κ3) is 2.49. The smallest absolute Gasteiger partial charge is 0.163 e. The largest absolute Gasteiger partial charge is 0.469 e. The Kier molecular flexibility index (Phi) is 3.37. The van der Waals surface area contributed by atoms with Gasteiger partial charge in [0.25, 0.3) is 0 Å². The van der Waals surface area contributed by atoms with E-state index in [1.54, 1.807) is 23.5 Å². The van der Waals surface area contributed by atoms with Gasteiger partial charge in [-0.15, -0.1) is 0 Å². The van der Waals surface area contributed by atoms with E-state index in [-0.39, 0.29) is 0 Å². The Balaban J connectivity index is 1.69. The highest BCUT2D eigenvalue weighted by molar-refractivity contribution is 5.86. The van der Waals surface area contributed by atoms with Crippen LogP contribution in [0.15, 0.2) is 35.3 Å². The van der Waals surface area contributed by atoms with Gasteiger partial charge >= 0.3 is 0 Å². The Morgan fingerprint density at radius 2 is 2.30 bits per heavy atom. The molecule has 1 N–H and O–H groups in total. The summed E-state index contributed by atoms with van der Waals surface area (Å²) in [5, 5.41) is 8.57. The quantitative estimate of drug-likeness (QED) is 0.771. The third-order valence-electron chi connectivity index (χ3n) is 3.32. The summed E-state index contributed by atoms with van der Waals surface area (Å²) in [6, 6.07) is 4.20. The summed E-state index contributed by atoms with van der Waals surface area (Å²) >= 11 is 0.